The molecule has 0 bridgehead atoms. The Bertz CT molecular complexity index is 561. The molecule has 4 fully saturated rings. The van der Waals surface area contributed by atoms with E-state index in [0.717, 1.165) is 38.4 Å². The number of hydrogen-bond acceptors (Lipinski definition) is 6. The highest BCUT2D eigenvalue weighted by Crippen LogP contribution is 2.37. The lowest BCUT2D eigenvalue weighted by molar-refractivity contribution is -0.166. The summed E-state index contributed by atoms with van der Waals surface area (Å²) in [5.41, 5.74) is 2.68. The van der Waals surface area contributed by atoms with Crippen molar-refractivity contribution < 1.29 is 18.8 Å². The van der Waals surface area contributed by atoms with Crippen molar-refractivity contribution in [2.45, 2.75) is 103 Å². The smallest absolute Gasteiger partial charge is 0.219 e. The van der Waals surface area contributed by atoms with Gasteiger partial charge >= 0.3 is 0 Å². The third kappa shape index (κ3) is 8.36. The zero-order chi connectivity index (χ0) is 23.5. The van der Waals surface area contributed by atoms with Gasteiger partial charge in [0.15, 0.2) is 0 Å². The van der Waals surface area contributed by atoms with Gasteiger partial charge in [-0.15, -0.1) is 0 Å². The molecule has 8 heteroatoms. The first-order valence-corrected chi connectivity index (χ1v) is 12.5. The number of halogens is 1. The van der Waals surface area contributed by atoms with Crippen LogP contribution >= 0.6 is 0 Å². The molecule has 2 heterocycles. The van der Waals surface area contributed by atoms with E-state index in [0.29, 0.717) is 24.8 Å². The van der Waals surface area contributed by atoms with E-state index in [2.05, 4.69) is 37.0 Å². The molecule has 0 aromatic carbocycles. The van der Waals surface area contributed by atoms with Crippen LogP contribution in [-0.4, -0.2) is 74.2 Å². The Hall–Kier alpha value is -1.09. The minimum Gasteiger partial charge on any atom is -0.338 e. The van der Waals surface area contributed by atoms with Crippen molar-refractivity contribution >= 4 is 12.2 Å². The number of carbonyl (C=O) groups excluding carboxylic acids is 2. The van der Waals surface area contributed by atoms with E-state index in [9.17, 15) is 14.0 Å². The SMILES string of the molecule is CC(=O)N1CCNCC1C.CC1CCC(F)C2CC(C=O)NOC12.CNC1CCCCC1. The zero-order valence-corrected chi connectivity index (χ0v) is 20.4. The maximum atomic E-state index is 13.6. The second kappa shape index (κ2) is 14.2. The first-order valence-electron chi connectivity index (χ1n) is 12.5. The Balaban J connectivity index is 0.000000178. The molecule has 32 heavy (non-hydrogen) atoms. The molecule has 2 saturated carbocycles. The van der Waals surface area contributed by atoms with Crippen molar-refractivity contribution in [2.24, 2.45) is 11.8 Å². The number of piperazine rings is 1. The number of carbonyl (C=O) groups is 2. The van der Waals surface area contributed by atoms with Gasteiger partial charge in [0.25, 0.3) is 0 Å². The number of hydrogen-bond donors (Lipinski definition) is 3. The van der Waals surface area contributed by atoms with Gasteiger partial charge in [-0.05, 0) is 52.0 Å². The van der Waals surface area contributed by atoms with E-state index in [1.165, 1.54) is 32.1 Å². The van der Waals surface area contributed by atoms with Crippen LogP contribution in [0.25, 0.3) is 0 Å². The highest BCUT2D eigenvalue weighted by molar-refractivity contribution is 5.73. The molecule has 2 saturated heterocycles. The molecular weight excluding hydrogens is 411 g/mol. The summed E-state index contributed by atoms with van der Waals surface area (Å²) in [5, 5.41) is 6.53. The Morgan fingerprint density at radius 3 is 2.41 bits per heavy atom. The van der Waals surface area contributed by atoms with Crippen LogP contribution in [0.5, 0.6) is 0 Å². The molecule has 2 aliphatic carbocycles. The van der Waals surface area contributed by atoms with Gasteiger partial charge in [-0.2, -0.15) is 5.48 Å². The first kappa shape index (κ1) is 27.2. The zero-order valence-electron chi connectivity index (χ0n) is 20.4. The lowest BCUT2D eigenvalue weighted by Gasteiger charge is -2.42. The van der Waals surface area contributed by atoms with Gasteiger partial charge in [-0.1, -0.05) is 26.2 Å². The number of hydroxylamine groups is 1. The van der Waals surface area contributed by atoms with Crippen LogP contribution in [0.1, 0.15) is 72.1 Å². The summed E-state index contributed by atoms with van der Waals surface area (Å²) in [4.78, 5) is 28.7. The van der Waals surface area contributed by atoms with E-state index in [1.807, 2.05) is 4.90 Å². The van der Waals surface area contributed by atoms with Crippen LogP contribution in [0.4, 0.5) is 4.39 Å². The van der Waals surface area contributed by atoms with E-state index < -0.39 is 6.17 Å². The Labute approximate surface area is 193 Å². The average Bonchev–Trinajstić information content (AvgIpc) is 2.82. The second-order valence-electron chi connectivity index (χ2n) is 9.80. The molecular formula is C24H45FN4O3. The van der Waals surface area contributed by atoms with Gasteiger partial charge in [0.1, 0.15) is 12.5 Å². The predicted molar refractivity (Wildman–Crippen MR) is 125 cm³/mol. The maximum absolute atomic E-state index is 13.6. The normalized spacial score (nSPS) is 35.3. The first-order chi connectivity index (χ1) is 15.4. The topological polar surface area (TPSA) is 82.7 Å². The van der Waals surface area contributed by atoms with E-state index in [4.69, 9.17) is 4.84 Å². The fourth-order valence-corrected chi connectivity index (χ4v) is 5.20. The van der Waals surface area contributed by atoms with Crippen molar-refractivity contribution in [1.29, 1.82) is 0 Å². The molecule has 7 nitrogen and oxygen atoms in total. The largest absolute Gasteiger partial charge is 0.338 e. The van der Waals surface area contributed by atoms with Crippen molar-refractivity contribution in [3.05, 3.63) is 0 Å². The van der Waals surface area contributed by atoms with Crippen LogP contribution in [0.3, 0.4) is 0 Å². The molecule has 1 amide bonds. The minimum absolute atomic E-state index is 0.0602. The molecule has 4 aliphatic rings. The van der Waals surface area contributed by atoms with E-state index in [1.54, 1.807) is 6.92 Å². The van der Waals surface area contributed by atoms with Crippen molar-refractivity contribution in [2.75, 3.05) is 26.7 Å². The summed E-state index contributed by atoms with van der Waals surface area (Å²) in [6.45, 7) is 8.49. The standard InChI is InChI=1S/C10H16FNO2.C7H14N2O.C7H15N/c1-6-2-3-9(11)8-4-7(5-13)12-14-10(6)8;1-6-5-8-3-4-9(6)7(2)10;1-8-7-5-3-2-4-6-7/h5-10,12H,2-4H2,1H3;6,8H,3-5H2,1-2H3;7-8H,2-6H2,1H3. The van der Waals surface area contributed by atoms with Gasteiger partial charge < -0.3 is 20.3 Å². The molecule has 3 N–H and O–H groups in total. The fraction of sp³-hybridized carbons (Fsp3) is 0.917. The van der Waals surface area contributed by atoms with E-state index in [-0.39, 0.29) is 24.0 Å². The Kier molecular flexibility index (Phi) is 12.1. The third-order valence-corrected chi connectivity index (χ3v) is 7.31. The van der Waals surface area contributed by atoms with Gasteiger partial charge in [0, 0.05) is 44.6 Å². The maximum Gasteiger partial charge on any atom is 0.219 e. The summed E-state index contributed by atoms with van der Waals surface area (Å²) in [5.74, 6) is 0.469. The summed E-state index contributed by atoms with van der Waals surface area (Å²) in [6.07, 6.45) is 9.10. The van der Waals surface area contributed by atoms with Crippen LogP contribution in [0.15, 0.2) is 0 Å². The molecule has 0 aromatic rings. The summed E-state index contributed by atoms with van der Waals surface area (Å²) in [6, 6.07) is 0.870. The van der Waals surface area contributed by atoms with Gasteiger partial charge in [-0.25, -0.2) is 4.39 Å². The van der Waals surface area contributed by atoms with Crippen LogP contribution in [-0.2, 0) is 14.4 Å². The minimum atomic E-state index is -0.805. The number of nitrogens with one attached hydrogen (secondary N) is 3. The van der Waals surface area contributed by atoms with Crippen molar-refractivity contribution in [1.82, 2.24) is 21.0 Å². The summed E-state index contributed by atoms with van der Waals surface area (Å²) < 4.78 is 13.6. The number of alkyl halides is 1. The number of aldehydes is 1. The van der Waals surface area contributed by atoms with Crippen LogP contribution in [0.2, 0.25) is 0 Å². The quantitative estimate of drug-likeness (QED) is 0.554. The van der Waals surface area contributed by atoms with Crippen LogP contribution < -0.4 is 16.1 Å². The van der Waals surface area contributed by atoms with Gasteiger partial charge in [0.2, 0.25) is 5.91 Å². The third-order valence-electron chi connectivity index (χ3n) is 7.31. The molecule has 0 spiro atoms. The molecule has 0 radical (unpaired) electrons. The van der Waals surface area contributed by atoms with E-state index >= 15 is 0 Å². The lowest BCUT2D eigenvalue weighted by atomic mass is 9.75. The molecule has 4 rings (SSSR count). The average molecular weight is 457 g/mol. The molecule has 6 unspecified atom stereocenters. The molecule has 186 valence electrons. The monoisotopic (exact) mass is 456 g/mol. The predicted octanol–water partition coefficient (Wildman–Crippen LogP) is 2.60. The fourth-order valence-electron chi connectivity index (χ4n) is 5.20. The summed E-state index contributed by atoms with van der Waals surface area (Å²) in [7, 11) is 2.07. The number of amides is 1. The lowest BCUT2D eigenvalue weighted by Crippen LogP contribution is -2.53. The number of fused-ring (bicyclic) bond motifs is 1. The highest BCUT2D eigenvalue weighted by atomic mass is 19.1. The highest BCUT2D eigenvalue weighted by Gasteiger charge is 2.42. The molecule has 0 aromatic heterocycles. The van der Waals surface area contributed by atoms with Gasteiger partial charge in [0.05, 0.1) is 12.1 Å². The van der Waals surface area contributed by atoms with Crippen LogP contribution in [0, 0.1) is 11.8 Å². The van der Waals surface area contributed by atoms with Crippen molar-refractivity contribution in [3.8, 4) is 0 Å². The Morgan fingerprint density at radius 1 is 1.16 bits per heavy atom. The molecule has 2 aliphatic heterocycles. The summed E-state index contributed by atoms with van der Waals surface area (Å²) >= 11 is 0. The number of nitrogens with zero attached hydrogens (tertiary/aromatic N) is 1. The molecule has 6 atom stereocenters. The van der Waals surface area contributed by atoms with Gasteiger partial charge in [-0.3, -0.25) is 9.63 Å². The second-order valence-corrected chi connectivity index (χ2v) is 9.80. The number of rotatable bonds is 2. The Morgan fingerprint density at radius 2 is 1.88 bits per heavy atom. The van der Waals surface area contributed by atoms with Crippen molar-refractivity contribution in [3.63, 3.8) is 0 Å².